The number of aromatic nitrogens is 2. The summed E-state index contributed by atoms with van der Waals surface area (Å²) >= 11 is 8.61. The highest BCUT2D eigenvalue weighted by Gasteiger charge is 2.30. The van der Waals surface area contributed by atoms with Gasteiger partial charge < -0.3 is 4.90 Å². The lowest BCUT2D eigenvalue weighted by Crippen LogP contribution is -2.38. The van der Waals surface area contributed by atoms with Crippen LogP contribution in [0.2, 0.25) is 4.47 Å². The first-order chi connectivity index (χ1) is 8.66. The van der Waals surface area contributed by atoms with Crippen molar-refractivity contribution >= 4 is 40.2 Å². The summed E-state index contributed by atoms with van der Waals surface area (Å²) in [6.45, 7) is 2.77. The highest BCUT2D eigenvalue weighted by Crippen LogP contribution is 2.34. The molecule has 0 N–H and O–H groups in total. The molecule has 3 rings (SSSR count). The summed E-state index contributed by atoms with van der Waals surface area (Å²) in [4.78, 5) is 15.5. The number of hydrogen-bond acceptors (Lipinski definition) is 5. The first-order valence-corrected chi connectivity index (χ1v) is 7.60. The number of nitrogens with zero attached hydrogens (tertiary/aromatic N) is 3. The van der Waals surface area contributed by atoms with Crippen LogP contribution in [-0.2, 0) is 6.42 Å². The Hall–Kier alpha value is -0.980. The molecule has 1 atom stereocenters. The third-order valence-electron chi connectivity index (χ3n) is 3.12. The average Bonchev–Trinajstić information content (AvgIpc) is 2.97. The summed E-state index contributed by atoms with van der Waals surface area (Å²) in [6.07, 6.45) is 0.912. The first kappa shape index (κ1) is 12.1. The van der Waals surface area contributed by atoms with E-state index < -0.39 is 0 Å². The van der Waals surface area contributed by atoms with Gasteiger partial charge >= 0.3 is 0 Å². The molecule has 2 aromatic rings. The van der Waals surface area contributed by atoms with Gasteiger partial charge in [0.1, 0.15) is 0 Å². The Kier molecular flexibility index (Phi) is 3.09. The molecule has 0 radical (unpaired) electrons. The van der Waals surface area contributed by atoms with Gasteiger partial charge in [-0.15, -0.1) is 21.5 Å². The topological polar surface area (TPSA) is 46.1 Å². The van der Waals surface area contributed by atoms with Gasteiger partial charge in [-0.25, -0.2) is 0 Å². The third kappa shape index (κ3) is 1.94. The summed E-state index contributed by atoms with van der Waals surface area (Å²) < 4.78 is 0.305. The van der Waals surface area contributed by atoms with Gasteiger partial charge in [-0.3, -0.25) is 4.79 Å². The smallest absolute Gasteiger partial charge is 0.285 e. The summed E-state index contributed by atoms with van der Waals surface area (Å²) in [5.41, 5.74) is 1.25. The summed E-state index contributed by atoms with van der Waals surface area (Å²) in [5, 5.41) is 9.94. The SMILES string of the molecule is CC1c2ccsc2CCN1C(=O)c1nnc(Cl)s1. The van der Waals surface area contributed by atoms with Crippen LogP contribution in [0.4, 0.5) is 0 Å². The molecule has 4 nitrogen and oxygen atoms in total. The molecule has 3 heterocycles. The quantitative estimate of drug-likeness (QED) is 0.813. The molecular formula is C11H10ClN3OS2. The van der Waals surface area contributed by atoms with E-state index in [2.05, 4.69) is 21.6 Å². The fourth-order valence-electron chi connectivity index (χ4n) is 2.20. The monoisotopic (exact) mass is 299 g/mol. The van der Waals surface area contributed by atoms with Crippen LogP contribution in [0.5, 0.6) is 0 Å². The van der Waals surface area contributed by atoms with E-state index in [1.54, 1.807) is 11.3 Å². The van der Waals surface area contributed by atoms with Crippen LogP contribution in [0.3, 0.4) is 0 Å². The van der Waals surface area contributed by atoms with Gasteiger partial charge in [-0.2, -0.15) is 0 Å². The van der Waals surface area contributed by atoms with E-state index in [0.29, 0.717) is 9.47 Å². The van der Waals surface area contributed by atoms with E-state index in [0.717, 1.165) is 24.3 Å². The highest BCUT2D eigenvalue weighted by atomic mass is 35.5. The molecule has 1 aliphatic heterocycles. The van der Waals surface area contributed by atoms with Gasteiger partial charge in [-0.05, 0) is 42.0 Å². The van der Waals surface area contributed by atoms with Gasteiger partial charge in [0.15, 0.2) is 0 Å². The first-order valence-electron chi connectivity index (χ1n) is 5.53. The predicted molar refractivity (Wildman–Crippen MR) is 72.4 cm³/mol. The van der Waals surface area contributed by atoms with Crippen LogP contribution in [0, 0.1) is 0 Å². The minimum absolute atomic E-state index is 0.0799. The molecule has 0 spiro atoms. The Balaban J connectivity index is 1.88. The van der Waals surface area contributed by atoms with Crippen LogP contribution in [0.15, 0.2) is 11.4 Å². The summed E-state index contributed by atoms with van der Waals surface area (Å²) in [6, 6.07) is 2.19. The lowest BCUT2D eigenvalue weighted by atomic mass is 10.0. The minimum atomic E-state index is -0.0799. The predicted octanol–water partition coefficient (Wildman–Crippen LogP) is 3.01. The van der Waals surface area contributed by atoms with Crippen molar-refractivity contribution in [3.63, 3.8) is 0 Å². The molecule has 1 aliphatic rings. The standard InChI is InChI=1S/C11H10ClN3OS2/c1-6-7-3-5-17-8(7)2-4-15(6)10(16)9-13-14-11(12)18-9/h3,5-6H,2,4H2,1H3. The molecule has 94 valence electrons. The second kappa shape index (κ2) is 4.60. The van der Waals surface area contributed by atoms with Gasteiger partial charge in [-0.1, -0.05) is 11.3 Å². The minimum Gasteiger partial charge on any atom is -0.329 e. The maximum absolute atomic E-state index is 12.3. The fourth-order valence-corrected chi connectivity index (χ4v) is 3.95. The van der Waals surface area contributed by atoms with Crippen molar-refractivity contribution in [2.75, 3.05) is 6.54 Å². The zero-order chi connectivity index (χ0) is 12.7. The number of carbonyl (C=O) groups is 1. The van der Waals surface area contributed by atoms with Crippen molar-refractivity contribution in [3.05, 3.63) is 31.4 Å². The third-order valence-corrected chi connectivity index (χ3v) is 5.12. The Morgan fingerprint density at radius 3 is 3.11 bits per heavy atom. The molecule has 7 heteroatoms. The lowest BCUT2D eigenvalue weighted by Gasteiger charge is -2.32. The van der Waals surface area contributed by atoms with Crippen molar-refractivity contribution in [2.45, 2.75) is 19.4 Å². The van der Waals surface area contributed by atoms with Crippen LogP contribution in [0.25, 0.3) is 0 Å². The largest absolute Gasteiger partial charge is 0.329 e. The molecule has 0 aliphatic carbocycles. The number of rotatable bonds is 1. The van der Waals surface area contributed by atoms with Crippen molar-refractivity contribution < 1.29 is 4.79 Å². The van der Waals surface area contributed by atoms with Crippen LogP contribution < -0.4 is 0 Å². The summed E-state index contributed by atoms with van der Waals surface area (Å²) in [5.74, 6) is -0.0799. The lowest BCUT2D eigenvalue weighted by molar-refractivity contribution is 0.0678. The molecule has 0 saturated heterocycles. The maximum Gasteiger partial charge on any atom is 0.285 e. The van der Waals surface area contributed by atoms with E-state index in [1.807, 2.05) is 11.8 Å². The van der Waals surface area contributed by atoms with Gasteiger partial charge in [0.25, 0.3) is 5.91 Å². The average molecular weight is 300 g/mol. The van der Waals surface area contributed by atoms with Gasteiger partial charge in [0.2, 0.25) is 9.47 Å². The van der Waals surface area contributed by atoms with E-state index in [9.17, 15) is 4.79 Å². The Morgan fingerprint density at radius 1 is 1.56 bits per heavy atom. The van der Waals surface area contributed by atoms with Crippen molar-refractivity contribution in [2.24, 2.45) is 0 Å². The second-order valence-electron chi connectivity index (χ2n) is 4.08. The molecule has 18 heavy (non-hydrogen) atoms. The van der Waals surface area contributed by atoms with Crippen molar-refractivity contribution in [3.8, 4) is 0 Å². The van der Waals surface area contributed by atoms with Crippen LogP contribution in [-0.4, -0.2) is 27.5 Å². The van der Waals surface area contributed by atoms with Crippen molar-refractivity contribution in [1.82, 2.24) is 15.1 Å². The van der Waals surface area contributed by atoms with Gasteiger partial charge in [0, 0.05) is 11.4 Å². The van der Waals surface area contributed by atoms with Crippen molar-refractivity contribution in [1.29, 1.82) is 0 Å². The van der Waals surface area contributed by atoms with Gasteiger partial charge in [0.05, 0.1) is 6.04 Å². The fraction of sp³-hybridized carbons (Fsp3) is 0.364. The number of hydrogen-bond donors (Lipinski definition) is 0. The molecule has 0 saturated carbocycles. The second-order valence-corrected chi connectivity index (χ2v) is 6.64. The Morgan fingerprint density at radius 2 is 2.39 bits per heavy atom. The zero-order valence-corrected chi connectivity index (χ0v) is 12.0. The number of halogens is 1. The van der Waals surface area contributed by atoms with Crippen LogP contribution in [0.1, 0.15) is 33.2 Å². The zero-order valence-electron chi connectivity index (χ0n) is 9.59. The Labute approximate surface area is 117 Å². The summed E-state index contributed by atoms with van der Waals surface area (Å²) in [7, 11) is 0. The van der Waals surface area contributed by atoms with E-state index in [-0.39, 0.29) is 11.9 Å². The molecule has 2 aromatic heterocycles. The number of fused-ring (bicyclic) bond motifs is 1. The molecule has 0 fully saturated rings. The van der Waals surface area contributed by atoms with E-state index in [1.165, 1.54) is 10.4 Å². The number of thiophene rings is 1. The number of amides is 1. The molecule has 0 aromatic carbocycles. The molecule has 1 amide bonds. The van der Waals surface area contributed by atoms with E-state index >= 15 is 0 Å². The van der Waals surface area contributed by atoms with E-state index in [4.69, 9.17) is 11.6 Å². The normalized spacial score (nSPS) is 18.8. The highest BCUT2D eigenvalue weighted by molar-refractivity contribution is 7.17. The number of carbonyl (C=O) groups excluding carboxylic acids is 1. The molecule has 0 bridgehead atoms. The Bertz CT molecular complexity index is 595. The molecule has 1 unspecified atom stereocenters. The maximum atomic E-state index is 12.3. The van der Waals surface area contributed by atoms with Crippen LogP contribution >= 0.6 is 34.3 Å². The molecular weight excluding hydrogens is 290 g/mol.